The lowest BCUT2D eigenvalue weighted by Gasteiger charge is -2.17. The van der Waals surface area contributed by atoms with Gasteiger partial charge in [0.25, 0.3) is 5.56 Å². The average Bonchev–Trinajstić information content (AvgIpc) is 3.06. The number of nitrogens with two attached hydrogens (primary N) is 1. The number of hydrogen-bond donors (Lipinski definition) is 4. The molecule has 0 spiro atoms. The number of anilines is 3. The van der Waals surface area contributed by atoms with Crippen molar-refractivity contribution in [3.63, 3.8) is 0 Å². The van der Waals surface area contributed by atoms with Crippen molar-refractivity contribution in [3.8, 4) is 11.1 Å². The first kappa shape index (κ1) is 19.0. The van der Waals surface area contributed by atoms with E-state index in [0.717, 1.165) is 11.1 Å². The smallest absolute Gasteiger partial charge is 0.256 e. The first-order valence-corrected chi connectivity index (χ1v) is 9.44. The number of rotatable bonds is 4. The molecule has 0 aliphatic carbocycles. The Hall–Kier alpha value is -3.32. The Morgan fingerprint density at radius 3 is 2.66 bits per heavy atom. The fourth-order valence-corrected chi connectivity index (χ4v) is 3.48. The zero-order chi connectivity index (χ0) is 20.7. The minimum absolute atomic E-state index is 0.0251. The molecule has 0 aliphatic heterocycles. The molecule has 29 heavy (non-hydrogen) atoms. The standard InChI is InChI=1S/C21H19ClFN5O/c1-10(2)19-17(26-16-5-6-25-20-14(16)9-18(24)27-20)8-13(21(29)28-19)12-7-11(22)3-4-15(12)23/h3-10H,24H2,1-2H3,(H,28,29)(H2,25,26,27). The lowest BCUT2D eigenvalue weighted by Crippen LogP contribution is -2.15. The molecule has 0 saturated heterocycles. The van der Waals surface area contributed by atoms with Crippen LogP contribution in [0, 0.1) is 5.82 Å². The maximum absolute atomic E-state index is 14.4. The second kappa shape index (κ2) is 7.25. The van der Waals surface area contributed by atoms with E-state index in [4.69, 9.17) is 17.3 Å². The number of aromatic nitrogens is 3. The second-order valence-corrected chi connectivity index (χ2v) is 7.53. The fraction of sp³-hybridized carbons (Fsp3) is 0.143. The summed E-state index contributed by atoms with van der Waals surface area (Å²) in [6.07, 6.45) is 1.65. The number of nitrogen functional groups attached to an aromatic ring is 1. The minimum Gasteiger partial charge on any atom is -0.385 e. The predicted molar refractivity (Wildman–Crippen MR) is 115 cm³/mol. The van der Waals surface area contributed by atoms with Crippen molar-refractivity contribution in [3.05, 3.63) is 69.5 Å². The summed E-state index contributed by atoms with van der Waals surface area (Å²) >= 11 is 6.02. The lowest BCUT2D eigenvalue weighted by molar-refractivity contribution is 0.631. The zero-order valence-corrected chi connectivity index (χ0v) is 16.6. The van der Waals surface area contributed by atoms with Crippen LogP contribution in [0.15, 0.2) is 47.4 Å². The third kappa shape index (κ3) is 3.56. The SMILES string of the molecule is CC(C)c1[nH]c(=O)c(-c2cc(Cl)ccc2F)cc1Nc1ccnc2[nH]c(N)cc12. The van der Waals surface area contributed by atoms with Gasteiger partial charge in [-0.1, -0.05) is 25.4 Å². The Labute approximate surface area is 170 Å². The summed E-state index contributed by atoms with van der Waals surface area (Å²) in [7, 11) is 0. The van der Waals surface area contributed by atoms with Crippen LogP contribution in [0.25, 0.3) is 22.2 Å². The quantitative estimate of drug-likeness (QED) is 0.372. The molecule has 6 nitrogen and oxygen atoms in total. The van der Waals surface area contributed by atoms with Gasteiger partial charge in [0, 0.05) is 27.9 Å². The number of H-pyrrole nitrogens is 2. The monoisotopic (exact) mass is 411 g/mol. The Kier molecular flexibility index (Phi) is 4.76. The summed E-state index contributed by atoms with van der Waals surface area (Å²) in [6.45, 7) is 3.93. The molecule has 0 radical (unpaired) electrons. The molecule has 4 rings (SSSR count). The lowest BCUT2D eigenvalue weighted by atomic mass is 10.0. The molecule has 3 heterocycles. The predicted octanol–water partition coefficient (Wildman–Crippen LogP) is 5.16. The first-order valence-electron chi connectivity index (χ1n) is 9.06. The highest BCUT2D eigenvalue weighted by molar-refractivity contribution is 6.30. The Bertz CT molecular complexity index is 1280. The van der Waals surface area contributed by atoms with Gasteiger partial charge in [-0.2, -0.15) is 0 Å². The van der Waals surface area contributed by atoms with E-state index in [2.05, 4.69) is 20.3 Å². The summed E-state index contributed by atoms with van der Waals surface area (Å²) in [6, 6.07) is 9.37. The van der Waals surface area contributed by atoms with Crippen LogP contribution >= 0.6 is 11.6 Å². The summed E-state index contributed by atoms with van der Waals surface area (Å²) in [5.41, 5.74) is 8.56. The number of nitrogens with zero attached hydrogens (tertiary/aromatic N) is 1. The van der Waals surface area contributed by atoms with E-state index in [9.17, 15) is 9.18 Å². The maximum Gasteiger partial charge on any atom is 0.256 e. The van der Waals surface area contributed by atoms with Gasteiger partial charge in [0.05, 0.1) is 16.9 Å². The Morgan fingerprint density at radius 2 is 1.90 bits per heavy atom. The number of halogens is 2. The number of hydrogen-bond acceptors (Lipinski definition) is 4. The summed E-state index contributed by atoms with van der Waals surface area (Å²) in [4.78, 5) is 22.8. The number of fused-ring (bicyclic) bond motifs is 1. The third-order valence-corrected chi connectivity index (χ3v) is 4.92. The molecule has 4 aromatic rings. The maximum atomic E-state index is 14.4. The fourth-order valence-electron chi connectivity index (χ4n) is 3.31. The van der Waals surface area contributed by atoms with Gasteiger partial charge in [-0.15, -0.1) is 0 Å². The molecule has 0 unspecified atom stereocenters. The molecule has 3 aromatic heterocycles. The van der Waals surface area contributed by atoms with E-state index in [1.54, 1.807) is 18.3 Å². The van der Waals surface area contributed by atoms with Gasteiger partial charge in [0.15, 0.2) is 0 Å². The topological polar surface area (TPSA) is 99.6 Å². The largest absolute Gasteiger partial charge is 0.385 e. The van der Waals surface area contributed by atoms with Crippen molar-refractivity contribution < 1.29 is 4.39 Å². The van der Waals surface area contributed by atoms with E-state index in [1.165, 1.54) is 18.2 Å². The Balaban J connectivity index is 1.89. The number of nitrogens with one attached hydrogen (secondary N) is 3. The highest BCUT2D eigenvalue weighted by atomic mass is 35.5. The van der Waals surface area contributed by atoms with Gasteiger partial charge in [0.2, 0.25) is 0 Å². The molecule has 0 fully saturated rings. The van der Waals surface area contributed by atoms with Gasteiger partial charge < -0.3 is 21.0 Å². The third-order valence-electron chi connectivity index (χ3n) is 4.69. The van der Waals surface area contributed by atoms with E-state index >= 15 is 0 Å². The minimum atomic E-state index is -0.521. The van der Waals surface area contributed by atoms with Gasteiger partial charge >= 0.3 is 0 Å². The molecule has 0 saturated carbocycles. The first-order chi connectivity index (χ1) is 13.8. The van der Waals surface area contributed by atoms with Crippen LogP contribution in [0.5, 0.6) is 0 Å². The van der Waals surface area contributed by atoms with Gasteiger partial charge in [-0.3, -0.25) is 4.79 Å². The molecule has 1 aromatic carbocycles. The van der Waals surface area contributed by atoms with Crippen LogP contribution in [0.1, 0.15) is 25.5 Å². The molecule has 5 N–H and O–H groups in total. The van der Waals surface area contributed by atoms with Crippen molar-refractivity contribution in [2.75, 3.05) is 11.1 Å². The molecular formula is C21H19ClFN5O. The molecule has 0 amide bonds. The highest BCUT2D eigenvalue weighted by Crippen LogP contribution is 2.32. The van der Waals surface area contributed by atoms with Crippen LogP contribution < -0.4 is 16.6 Å². The second-order valence-electron chi connectivity index (χ2n) is 7.09. The van der Waals surface area contributed by atoms with E-state index in [-0.39, 0.29) is 22.6 Å². The molecular weight excluding hydrogens is 393 g/mol. The molecule has 8 heteroatoms. The van der Waals surface area contributed by atoms with Crippen LogP contribution in [0.2, 0.25) is 5.02 Å². The van der Waals surface area contributed by atoms with E-state index in [1.807, 2.05) is 19.9 Å². The van der Waals surface area contributed by atoms with E-state index < -0.39 is 5.82 Å². The van der Waals surface area contributed by atoms with Crippen molar-refractivity contribution in [2.24, 2.45) is 0 Å². The number of pyridine rings is 2. The molecule has 148 valence electrons. The summed E-state index contributed by atoms with van der Waals surface area (Å²) in [5.74, 6) is -0.000994. The van der Waals surface area contributed by atoms with Gasteiger partial charge in [-0.05, 0) is 42.3 Å². The van der Waals surface area contributed by atoms with Crippen LogP contribution in [-0.4, -0.2) is 15.0 Å². The molecule has 0 aliphatic rings. The van der Waals surface area contributed by atoms with Gasteiger partial charge in [0.1, 0.15) is 17.3 Å². The van der Waals surface area contributed by atoms with Crippen molar-refractivity contribution >= 4 is 39.8 Å². The van der Waals surface area contributed by atoms with Crippen molar-refractivity contribution in [2.45, 2.75) is 19.8 Å². The molecule has 0 atom stereocenters. The number of aromatic amines is 2. The van der Waals surface area contributed by atoms with E-state index in [0.29, 0.717) is 27.9 Å². The normalized spacial score (nSPS) is 11.3. The summed E-state index contributed by atoms with van der Waals surface area (Å²) < 4.78 is 14.4. The van der Waals surface area contributed by atoms with Crippen LogP contribution in [-0.2, 0) is 0 Å². The zero-order valence-electron chi connectivity index (χ0n) is 15.8. The van der Waals surface area contributed by atoms with Crippen LogP contribution in [0.4, 0.5) is 21.6 Å². The van der Waals surface area contributed by atoms with Gasteiger partial charge in [-0.25, -0.2) is 9.37 Å². The Morgan fingerprint density at radius 1 is 1.10 bits per heavy atom. The number of benzene rings is 1. The highest BCUT2D eigenvalue weighted by Gasteiger charge is 2.17. The average molecular weight is 412 g/mol. The van der Waals surface area contributed by atoms with Crippen molar-refractivity contribution in [1.82, 2.24) is 15.0 Å². The summed E-state index contributed by atoms with van der Waals surface area (Å²) in [5, 5.41) is 4.50. The molecule has 0 bridgehead atoms. The van der Waals surface area contributed by atoms with Crippen LogP contribution in [0.3, 0.4) is 0 Å². The van der Waals surface area contributed by atoms with Crippen molar-refractivity contribution in [1.29, 1.82) is 0 Å².